The monoisotopic (exact) mass is 372 g/mol. The van der Waals surface area contributed by atoms with Crippen LogP contribution in [-0.2, 0) is 22.6 Å². The molecule has 1 amide bonds. The maximum absolute atomic E-state index is 12.3. The van der Waals surface area contributed by atoms with Crippen molar-refractivity contribution in [2.24, 2.45) is 0 Å². The summed E-state index contributed by atoms with van der Waals surface area (Å²) in [5.74, 6) is -0.0223. The van der Waals surface area contributed by atoms with Crippen LogP contribution in [0, 0.1) is 13.8 Å². The van der Waals surface area contributed by atoms with Gasteiger partial charge in [0.25, 0.3) is 5.91 Å². The second-order valence-electron chi connectivity index (χ2n) is 5.88. The summed E-state index contributed by atoms with van der Waals surface area (Å²) in [6.07, 6.45) is 1.62. The smallest absolute Gasteiger partial charge is 0.340 e. The Hall–Kier alpha value is -2.80. The summed E-state index contributed by atoms with van der Waals surface area (Å²) in [4.78, 5) is 25.2. The number of aryl methyl sites for hydroxylation is 1. The average Bonchev–Trinajstić information content (AvgIpc) is 3.37. The summed E-state index contributed by atoms with van der Waals surface area (Å²) in [5.41, 5.74) is 2.16. The number of furan rings is 1. The van der Waals surface area contributed by atoms with E-state index in [4.69, 9.17) is 9.15 Å². The Morgan fingerprint density at radius 1 is 1.27 bits per heavy atom. The van der Waals surface area contributed by atoms with Crippen LogP contribution in [0.25, 0.3) is 0 Å². The highest BCUT2D eigenvalue weighted by molar-refractivity contribution is 7.09. The van der Waals surface area contributed by atoms with Gasteiger partial charge in [-0.1, -0.05) is 6.07 Å². The van der Waals surface area contributed by atoms with E-state index in [1.54, 1.807) is 23.7 Å². The third-order valence-corrected chi connectivity index (χ3v) is 4.94. The van der Waals surface area contributed by atoms with Crippen LogP contribution < -0.4 is 5.32 Å². The standard InChI is InChI=1S/C19H20N2O4S/c1-13-9-17(14(2)21(13)11-15-5-3-7-24-15)19(23)25-12-18(22)20-10-16-6-4-8-26-16/h3-9H,10-12H2,1-2H3,(H,20,22). The van der Waals surface area contributed by atoms with Gasteiger partial charge in [-0.3, -0.25) is 4.79 Å². The molecule has 6 nitrogen and oxygen atoms in total. The van der Waals surface area contributed by atoms with Crippen LogP contribution >= 0.6 is 11.3 Å². The molecule has 0 atom stereocenters. The lowest BCUT2D eigenvalue weighted by atomic mass is 10.2. The predicted molar refractivity (Wildman–Crippen MR) is 98.2 cm³/mol. The lowest BCUT2D eigenvalue weighted by Crippen LogP contribution is -2.28. The second kappa shape index (κ2) is 8.05. The third kappa shape index (κ3) is 4.23. The normalized spacial score (nSPS) is 10.7. The van der Waals surface area contributed by atoms with E-state index in [0.29, 0.717) is 18.7 Å². The number of nitrogens with one attached hydrogen (secondary N) is 1. The maximum atomic E-state index is 12.3. The van der Waals surface area contributed by atoms with E-state index in [-0.39, 0.29) is 12.5 Å². The third-order valence-electron chi connectivity index (χ3n) is 4.06. The first-order chi connectivity index (χ1) is 12.5. The molecule has 3 aromatic rings. The minimum absolute atomic E-state index is 0.300. The van der Waals surface area contributed by atoms with Gasteiger partial charge in [0.15, 0.2) is 6.61 Å². The second-order valence-corrected chi connectivity index (χ2v) is 6.91. The summed E-state index contributed by atoms with van der Waals surface area (Å²) in [6, 6.07) is 9.34. The first-order valence-corrected chi connectivity index (χ1v) is 9.08. The van der Waals surface area contributed by atoms with Crippen molar-refractivity contribution in [3.05, 3.63) is 69.6 Å². The molecular weight excluding hydrogens is 352 g/mol. The molecule has 1 N–H and O–H groups in total. The number of carbonyl (C=O) groups is 2. The number of ether oxygens (including phenoxy) is 1. The molecule has 0 fully saturated rings. The van der Waals surface area contributed by atoms with Crippen molar-refractivity contribution in [1.29, 1.82) is 0 Å². The van der Waals surface area contributed by atoms with Crippen LogP contribution in [0.4, 0.5) is 0 Å². The van der Waals surface area contributed by atoms with E-state index in [9.17, 15) is 9.59 Å². The van der Waals surface area contributed by atoms with Crippen LogP contribution in [-0.4, -0.2) is 23.1 Å². The zero-order valence-corrected chi connectivity index (χ0v) is 15.5. The van der Waals surface area contributed by atoms with E-state index >= 15 is 0 Å². The molecule has 26 heavy (non-hydrogen) atoms. The van der Waals surface area contributed by atoms with Crippen LogP contribution in [0.2, 0.25) is 0 Å². The molecule has 136 valence electrons. The van der Waals surface area contributed by atoms with E-state index in [1.165, 1.54) is 0 Å². The molecule has 3 aromatic heterocycles. The summed E-state index contributed by atoms with van der Waals surface area (Å²) >= 11 is 1.56. The molecule has 0 aliphatic carbocycles. The van der Waals surface area contributed by atoms with Crippen molar-refractivity contribution < 1.29 is 18.7 Å². The Bertz CT molecular complexity index is 879. The molecule has 3 heterocycles. The molecule has 7 heteroatoms. The molecular formula is C19H20N2O4S. The molecule has 0 spiro atoms. The van der Waals surface area contributed by atoms with Gasteiger partial charge in [0.1, 0.15) is 5.76 Å². The fourth-order valence-corrected chi connectivity index (χ4v) is 3.31. The van der Waals surface area contributed by atoms with Gasteiger partial charge in [0.2, 0.25) is 0 Å². The number of esters is 1. The van der Waals surface area contributed by atoms with Gasteiger partial charge >= 0.3 is 5.97 Å². The Balaban J connectivity index is 1.56. The lowest BCUT2D eigenvalue weighted by molar-refractivity contribution is -0.124. The number of nitrogens with zero attached hydrogens (tertiary/aromatic N) is 1. The summed E-state index contributed by atoms with van der Waals surface area (Å²) < 4.78 is 12.5. The molecule has 0 unspecified atom stereocenters. The maximum Gasteiger partial charge on any atom is 0.340 e. The van der Waals surface area contributed by atoms with E-state index in [0.717, 1.165) is 22.0 Å². The number of aromatic nitrogens is 1. The van der Waals surface area contributed by atoms with Gasteiger partial charge in [-0.25, -0.2) is 4.79 Å². The number of carbonyl (C=O) groups excluding carboxylic acids is 2. The molecule has 0 saturated carbocycles. The Labute approximate surface area is 155 Å². The SMILES string of the molecule is Cc1cc(C(=O)OCC(=O)NCc2cccs2)c(C)n1Cc1ccco1. The fourth-order valence-electron chi connectivity index (χ4n) is 2.67. The number of hydrogen-bond donors (Lipinski definition) is 1. The number of amides is 1. The van der Waals surface area contributed by atoms with E-state index in [2.05, 4.69) is 5.32 Å². The van der Waals surface area contributed by atoms with Crippen LogP contribution in [0.15, 0.2) is 46.4 Å². The highest BCUT2D eigenvalue weighted by atomic mass is 32.1. The van der Waals surface area contributed by atoms with Crippen molar-refractivity contribution in [1.82, 2.24) is 9.88 Å². The lowest BCUT2D eigenvalue weighted by Gasteiger charge is -2.08. The minimum Gasteiger partial charge on any atom is -0.467 e. The molecule has 0 aromatic carbocycles. The molecule has 0 radical (unpaired) electrons. The van der Waals surface area contributed by atoms with Crippen molar-refractivity contribution in [2.45, 2.75) is 26.9 Å². The van der Waals surface area contributed by atoms with Crippen molar-refractivity contribution >= 4 is 23.2 Å². The first-order valence-electron chi connectivity index (χ1n) is 8.20. The van der Waals surface area contributed by atoms with Gasteiger partial charge in [-0.2, -0.15) is 0 Å². The molecule has 0 saturated heterocycles. The number of rotatable bonds is 7. The van der Waals surface area contributed by atoms with Crippen LogP contribution in [0.3, 0.4) is 0 Å². The summed E-state index contributed by atoms with van der Waals surface area (Å²) in [7, 11) is 0. The predicted octanol–water partition coefficient (Wildman–Crippen LogP) is 3.28. The highest BCUT2D eigenvalue weighted by Gasteiger charge is 2.18. The molecule has 0 aliphatic rings. The topological polar surface area (TPSA) is 73.5 Å². The van der Waals surface area contributed by atoms with Gasteiger partial charge in [0, 0.05) is 16.3 Å². The van der Waals surface area contributed by atoms with Crippen LogP contribution in [0.5, 0.6) is 0 Å². The zero-order valence-electron chi connectivity index (χ0n) is 14.7. The van der Waals surface area contributed by atoms with Gasteiger partial charge < -0.3 is 19.0 Å². The van der Waals surface area contributed by atoms with Gasteiger partial charge in [0.05, 0.1) is 24.9 Å². The quantitative estimate of drug-likeness (QED) is 0.646. The number of hydrogen-bond acceptors (Lipinski definition) is 5. The van der Waals surface area contributed by atoms with Crippen molar-refractivity contribution in [3.8, 4) is 0 Å². The highest BCUT2D eigenvalue weighted by Crippen LogP contribution is 2.18. The Morgan fingerprint density at radius 3 is 2.81 bits per heavy atom. The van der Waals surface area contributed by atoms with Crippen molar-refractivity contribution in [3.63, 3.8) is 0 Å². The average molecular weight is 372 g/mol. The zero-order chi connectivity index (χ0) is 18.5. The van der Waals surface area contributed by atoms with Crippen LogP contribution in [0.1, 0.15) is 32.4 Å². The van der Waals surface area contributed by atoms with E-state index in [1.807, 2.05) is 48.1 Å². The Morgan fingerprint density at radius 2 is 2.12 bits per heavy atom. The number of thiophene rings is 1. The minimum atomic E-state index is -0.505. The summed E-state index contributed by atoms with van der Waals surface area (Å²) in [6.45, 7) is 4.45. The largest absolute Gasteiger partial charge is 0.467 e. The molecule has 0 aliphatic heterocycles. The van der Waals surface area contributed by atoms with Crippen molar-refractivity contribution in [2.75, 3.05) is 6.61 Å². The van der Waals surface area contributed by atoms with E-state index < -0.39 is 5.97 Å². The Kier molecular flexibility index (Phi) is 5.58. The summed E-state index contributed by atoms with van der Waals surface area (Å²) in [5, 5.41) is 4.67. The first kappa shape index (κ1) is 18.0. The van der Waals surface area contributed by atoms with Gasteiger partial charge in [-0.15, -0.1) is 11.3 Å². The molecule has 3 rings (SSSR count). The van der Waals surface area contributed by atoms with Gasteiger partial charge in [-0.05, 0) is 43.5 Å². The molecule has 0 bridgehead atoms. The fraction of sp³-hybridized carbons (Fsp3) is 0.263.